The predicted molar refractivity (Wildman–Crippen MR) is 78.1 cm³/mol. The molecule has 1 unspecified atom stereocenters. The van der Waals surface area contributed by atoms with Crippen LogP contribution in [0.1, 0.15) is 35.3 Å². The number of para-hydroxylation sites is 2. The van der Waals surface area contributed by atoms with Crippen LogP contribution in [0, 0.1) is 0 Å². The number of nitrogens with zero attached hydrogens (tertiary/aromatic N) is 2. The van der Waals surface area contributed by atoms with Crippen LogP contribution in [0.2, 0.25) is 0 Å². The number of aromatic nitrogens is 2. The number of benzene rings is 1. The molecule has 1 saturated carbocycles. The second-order valence-corrected chi connectivity index (χ2v) is 5.54. The fourth-order valence-corrected chi connectivity index (χ4v) is 2.31. The Morgan fingerprint density at radius 3 is 2.91 bits per heavy atom. The van der Waals surface area contributed by atoms with E-state index in [1.807, 2.05) is 6.07 Å². The lowest BCUT2D eigenvalue weighted by molar-refractivity contribution is -0.118. The van der Waals surface area contributed by atoms with Gasteiger partial charge >= 0.3 is 11.8 Å². The molecule has 0 saturated heterocycles. The Labute approximate surface area is 131 Å². The first kappa shape index (κ1) is 13.7. The molecule has 23 heavy (non-hydrogen) atoms. The average Bonchev–Trinajstić information content (AvgIpc) is 3.31. The lowest BCUT2D eigenvalue weighted by Gasteiger charge is -2.13. The van der Waals surface area contributed by atoms with Crippen LogP contribution < -0.4 is 15.4 Å². The third kappa shape index (κ3) is 2.75. The molecule has 1 aromatic heterocycles. The summed E-state index contributed by atoms with van der Waals surface area (Å²) in [4.78, 5) is 24.4. The summed E-state index contributed by atoms with van der Waals surface area (Å²) in [5, 5.41) is 12.9. The highest BCUT2D eigenvalue weighted by molar-refractivity contribution is 6.00. The van der Waals surface area contributed by atoms with Gasteiger partial charge in [-0.2, -0.15) is 0 Å². The fourth-order valence-electron chi connectivity index (χ4n) is 2.31. The molecule has 2 aliphatic rings. The molecule has 1 atom stereocenters. The minimum atomic E-state index is -0.842. The summed E-state index contributed by atoms with van der Waals surface area (Å²) in [6, 6.07) is 6.24. The largest absolute Gasteiger partial charge is 0.489 e. The minimum absolute atomic E-state index is 0.0260. The predicted octanol–water partition coefficient (Wildman–Crippen LogP) is 1.08. The van der Waals surface area contributed by atoms with Crippen LogP contribution in [0.5, 0.6) is 5.75 Å². The Morgan fingerprint density at radius 2 is 2.09 bits per heavy atom. The molecule has 0 bridgehead atoms. The lowest BCUT2D eigenvalue weighted by Crippen LogP contribution is -2.46. The van der Waals surface area contributed by atoms with Crippen LogP contribution in [0.4, 0.5) is 5.69 Å². The third-order valence-electron chi connectivity index (χ3n) is 3.73. The first-order valence-electron chi connectivity index (χ1n) is 7.37. The van der Waals surface area contributed by atoms with Gasteiger partial charge in [0.25, 0.3) is 5.91 Å². The van der Waals surface area contributed by atoms with Crippen molar-refractivity contribution in [3.8, 4) is 5.75 Å². The summed E-state index contributed by atoms with van der Waals surface area (Å²) in [7, 11) is 0. The molecule has 1 aromatic carbocycles. The van der Waals surface area contributed by atoms with E-state index >= 15 is 0 Å². The molecule has 1 aliphatic carbocycles. The van der Waals surface area contributed by atoms with Gasteiger partial charge in [0.05, 0.1) is 5.69 Å². The van der Waals surface area contributed by atoms with E-state index in [0.29, 0.717) is 17.3 Å². The first-order valence-corrected chi connectivity index (χ1v) is 7.37. The molecule has 4 rings (SSSR count). The Kier molecular flexibility index (Phi) is 3.22. The second-order valence-electron chi connectivity index (χ2n) is 5.54. The Bertz CT molecular complexity index is 768. The van der Waals surface area contributed by atoms with Gasteiger partial charge in [0.15, 0.2) is 0 Å². The van der Waals surface area contributed by atoms with Gasteiger partial charge in [0.2, 0.25) is 5.89 Å². The van der Waals surface area contributed by atoms with Crippen LogP contribution in [-0.4, -0.2) is 34.7 Å². The van der Waals surface area contributed by atoms with Gasteiger partial charge in [-0.1, -0.05) is 12.1 Å². The topological polar surface area (TPSA) is 106 Å². The number of fused-ring (bicyclic) bond motifs is 1. The van der Waals surface area contributed by atoms with Crippen LogP contribution in [-0.2, 0) is 4.79 Å². The normalized spacial score (nSPS) is 20.0. The fraction of sp³-hybridized carbons (Fsp3) is 0.333. The quantitative estimate of drug-likeness (QED) is 0.878. The number of carbonyl (C=O) groups is 2. The summed E-state index contributed by atoms with van der Waals surface area (Å²) >= 11 is 0. The Morgan fingerprint density at radius 1 is 1.26 bits per heavy atom. The van der Waals surface area contributed by atoms with Crippen molar-refractivity contribution in [1.29, 1.82) is 0 Å². The van der Waals surface area contributed by atoms with E-state index in [9.17, 15) is 9.59 Å². The van der Waals surface area contributed by atoms with Crippen molar-refractivity contribution in [3.05, 3.63) is 36.0 Å². The van der Waals surface area contributed by atoms with E-state index in [2.05, 4.69) is 20.8 Å². The molecule has 2 N–H and O–H groups in total. The van der Waals surface area contributed by atoms with Gasteiger partial charge < -0.3 is 19.8 Å². The van der Waals surface area contributed by atoms with Crippen molar-refractivity contribution in [1.82, 2.24) is 15.5 Å². The summed E-state index contributed by atoms with van der Waals surface area (Å²) in [6.07, 6.45) is 2.00. The lowest BCUT2D eigenvalue weighted by atomic mass is 10.2. The van der Waals surface area contributed by atoms with E-state index in [1.165, 1.54) is 0 Å². The first-order chi connectivity index (χ1) is 11.2. The van der Waals surface area contributed by atoms with Crippen molar-refractivity contribution in [2.75, 3.05) is 11.9 Å². The zero-order chi connectivity index (χ0) is 15.8. The van der Waals surface area contributed by atoms with E-state index in [4.69, 9.17) is 9.15 Å². The van der Waals surface area contributed by atoms with Gasteiger partial charge in [0, 0.05) is 5.92 Å². The van der Waals surface area contributed by atoms with Crippen molar-refractivity contribution in [2.24, 2.45) is 0 Å². The number of anilines is 1. The molecule has 1 fully saturated rings. The molecule has 0 radical (unpaired) electrons. The molecule has 1 aliphatic heterocycles. The van der Waals surface area contributed by atoms with E-state index in [0.717, 1.165) is 12.8 Å². The second kappa shape index (κ2) is 5.38. The maximum absolute atomic E-state index is 12.2. The molecule has 2 heterocycles. The van der Waals surface area contributed by atoms with Gasteiger partial charge in [-0.25, -0.2) is 0 Å². The third-order valence-corrected chi connectivity index (χ3v) is 3.73. The number of amides is 2. The van der Waals surface area contributed by atoms with E-state index in [-0.39, 0.29) is 24.3 Å². The maximum Gasteiger partial charge on any atom is 0.309 e. The molecule has 8 nitrogen and oxygen atoms in total. The number of carbonyl (C=O) groups excluding carboxylic acids is 2. The number of nitrogens with one attached hydrogen (secondary N) is 2. The van der Waals surface area contributed by atoms with E-state index in [1.54, 1.807) is 18.2 Å². The van der Waals surface area contributed by atoms with Crippen LogP contribution in [0.15, 0.2) is 28.7 Å². The molecule has 2 aromatic rings. The molecule has 0 spiro atoms. The van der Waals surface area contributed by atoms with Gasteiger partial charge in [-0.05, 0) is 25.0 Å². The smallest absolute Gasteiger partial charge is 0.309 e. The highest BCUT2D eigenvalue weighted by atomic mass is 16.5. The number of ether oxygens (including phenoxy) is 1. The van der Waals surface area contributed by atoms with E-state index < -0.39 is 11.9 Å². The molecule has 118 valence electrons. The highest BCUT2D eigenvalue weighted by Gasteiger charge is 2.32. The number of hydrogen-bond acceptors (Lipinski definition) is 6. The monoisotopic (exact) mass is 314 g/mol. The Hall–Kier alpha value is -2.90. The summed E-state index contributed by atoms with van der Waals surface area (Å²) in [5.41, 5.74) is 0.572. The molecular formula is C15H14N4O4. The van der Waals surface area contributed by atoms with Crippen LogP contribution in [0.25, 0.3) is 0 Å². The van der Waals surface area contributed by atoms with Gasteiger partial charge in [-0.15, -0.1) is 10.2 Å². The SMILES string of the molecule is O=C(NC1COc2ccccc2NC1=O)c1nnc(C2CC2)o1. The number of hydrogen-bond donors (Lipinski definition) is 2. The Balaban J connectivity index is 1.45. The number of rotatable bonds is 3. The minimum Gasteiger partial charge on any atom is -0.489 e. The van der Waals surface area contributed by atoms with Gasteiger partial charge in [0.1, 0.15) is 18.4 Å². The molecular weight excluding hydrogens is 300 g/mol. The molecule has 8 heteroatoms. The van der Waals surface area contributed by atoms with Crippen molar-refractivity contribution < 1.29 is 18.7 Å². The standard InChI is InChI=1S/C15H14N4O4/c20-12-10(7-22-11-4-2-1-3-9(11)16-12)17-13(21)15-19-18-14(23-15)8-5-6-8/h1-4,8,10H,5-7H2,(H,16,20)(H,17,21). The van der Waals surface area contributed by atoms with Crippen LogP contribution >= 0.6 is 0 Å². The maximum atomic E-state index is 12.2. The van der Waals surface area contributed by atoms with Gasteiger partial charge in [-0.3, -0.25) is 9.59 Å². The average molecular weight is 314 g/mol. The summed E-state index contributed by atoms with van der Waals surface area (Å²) in [6.45, 7) is 0.0260. The summed E-state index contributed by atoms with van der Waals surface area (Å²) < 4.78 is 10.9. The van der Waals surface area contributed by atoms with Crippen LogP contribution in [0.3, 0.4) is 0 Å². The van der Waals surface area contributed by atoms with Crippen molar-refractivity contribution in [2.45, 2.75) is 24.8 Å². The van der Waals surface area contributed by atoms with Crippen molar-refractivity contribution in [3.63, 3.8) is 0 Å². The summed E-state index contributed by atoms with van der Waals surface area (Å²) in [5.74, 6) is 0.226. The highest BCUT2D eigenvalue weighted by Crippen LogP contribution is 2.39. The van der Waals surface area contributed by atoms with Crippen molar-refractivity contribution >= 4 is 17.5 Å². The zero-order valence-corrected chi connectivity index (χ0v) is 12.1. The zero-order valence-electron chi connectivity index (χ0n) is 12.1. The molecule has 2 amide bonds.